The molecule has 0 aromatic rings. The predicted molar refractivity (Wildman–Crippen MR) is 250 cm³/mol. The number of hydrogen-bond donors (Lipinski definition) is 0. The molecule has 0 aromatic carbocycles. The molecule has 16 heteroatoms. The third kappa shape index (κ3) is 10.5. The predicted octanol–water partition coefficient (Wildman–Crippen LogP) is 17.9. The molecular weight excluding hydrogens is 873 g/mol. The molecule has 0 aromatic heterocycles. The Morgan fingerprint density at radius 3 is 0.630 bits per heavy atom. The van der Waals surface area contributed by atoms with Crippen LogP contribution in [0.3, 0.4) is 0 Å². The Balaban J connectivity index is 1.02. The molecule has 6 aliphatic rings. The van der Waals surface area contributed by atoms with Crippen LogP contribution >= 0.6 is 188 Å². The monoisotopic (exact) mass is 908 g/mol. The van der Waals surface area contributed by atoms with Gasteiger partial charge in [0.1, 0.15) is 0 Å². The normalized spacial score (nSPS) is 21.7. The summed E-state index contributed by atoms with van der Waals surface area (Å²) in [5, 5.41) is 0. The van der Waals surface area contributed by atoms with Gasteiger partial charge in [0.15, 0.2) is 0 Å². The van der Waals surface area contributed by atoms with Crippen molar-refractivity contribution in [1.82, 2.24) is 0 Å². The lowest BCUT2D eigenvalue weighted by atomic mass is 10.4. The second-order valence-corrected chi connectivity index (χ2v) is 30.3. The van der Waals surface area contributed by atoms with Gasteiger partial charge in [0, 0.05) is 0 Å². The summed E-state index contributed by atoms with van der Waals surface area (Å²) >= 11 is 32.8. The van der Waals surface area contributed by atoms with E-state index >= 15 is 0 Å². The lowest BCUT2D eigenvalue weighted by molar-refractivity contribution is 0.897. The quantitative estimate of drug-likeness (QED) is 0.135. The van der Waals surface area contributed by atoms with Gasteiger partial charge < -0.3 is 0 Å². The standard InChI is InChI=1S/C30H36S16/c1-5-9-13-31-17-18(32-14-10-6-2)36-21(35-17)23-39-25-26(40-23)44-29(43-25)30-45-27-28(46-30)42-24(41-27)22-37-19(33-15-11-7-3)20(38-22)34-16-12-8-4/h5-16H2,1-4H3. The molecule has 6 rings (SSSR count). The van der Waals surface area contributed by atoms with E-state index in [9.17, 15) is 0 Å². The van der Waals surface area contributed by atoms with Gasteiger partial charge in [-0.25, -0.2) is 0 Å². The molecule has 0 nitrogen and oxygen atoms in total. The van der Waals surface area contributed by atoms with Crippen molar-refractivity contribution in [3.63, 3.8) is 0 Å². The first-order chi connectivity index (χ1) is 22.6. The highest BCUT2D eigenvalue weighted by Gasteiger charge is 2.40. The molecule has 6 heterocycles. The van der Waals surface area contributed by atoms with Gasteiger partial charge >= 0.3 is 0 Å². The van der Waals surface area contributed by atoms with Gasteiger partial charge in [0.25, 0.3) is 0 Å². The lowest BCUT2D eigenvalue weighted by Gasteiger charge is -2.09. The summed E-state index contributed by atoms with van der Waals surface area (Å²) in [5.41, 5.74) is 0. The van der Waals surface area contributed by atoms with Crippen molar-refractivity contribution in [1.29, 1.82) is 0 Å². The maximum Gasteiger partial charge on any atom is 0.0718 e. The highest BCUT2D eigenvalue weighted by Crippen LogP contribution is 2.76. The van der Waals surface area contributed by atoms with E-state index in [0.717, 1.165) is 0 Å². The van der Waals surface area contributed by atoms with E-state index in [1.54, 1.807) is 16.9 Å². The smallest absolute Gasteiger partial charge is 0.0718 e. The molecule has 6 aliphatic heterocycles. The van der Waals surface area contributed by atoms with E-state index in [0.29, 0.717) is 0 Å². The third-order valence-electron chi connectivity index (χ3n) is 6.32. The molecule has 0 unspecified atom stereocenters. The molecule has 0 amide bonds. The van der Waals surface area contributed by atoms with Crippen molar-refractivity contribution < 1.29 is 0 Å². The molecule has 46 heavy (non-hydrogen) atoms. The SMILES string of the molecule is CCCCSC1=C(SCCCC)SC(=C2SC3=C(S2)SC(=C2SC4=C(SC(=C5SC(SCCCC)=C(SCCCC)S5)S4)S2)S3)S1. The van der Waals surface area contributed by atoms with E-state index in [-0.39, 0.29) is 0 Å². The Labute approximate surface area is 344 Å². The second-order valence-electron chi connectivity index (χ2n) is 10.1. The minimum absolute atomic E-state index is 1.24. The Morgan fingerprint density at radius 2 is 0.457 bits per heavy atom. The highest BCUT2D eigenvalue weighted by molar-refractivity contribution is 8.53. The summed E-state index contributed by atoms with van der Waals surface area (Å²) in [4.78, 5) is 0. The topological polar surface area (TPSA) is 0 Å². The number of rotatable bonds is 16. The lowest BCUT2D eigenvalue weighted by Crippen LogP contribution is -1.80. The van der Waals surface area contributed by atoms with Crippen molar-refractivity contribution in [2.24, 2.45) is 0 Å². The van der Waals surface area contributed by atoms with Gasteiger partial charge in [-0.1, -0.05) is 195 Å². The molecular formula is C30H36S16. The molecule has 252 valence electrons. The fourth-order valence-corrected chi connectivity index (χ4v) is 29.7. The van der Waals surface area contributed by atoms with Crippen LogP contribution in [0.4, 0.5) is 0 Å². The largest absolute Gasteiger partial charge is 0.117 e. The Hall–Kier alpha value is 3.78. The van der Waals surface area contributed by atoms with Crippen molar-refractivity contribution in [2.45, 2.75) is 79.1 Å². The Bertz CT molecular complexity index is 1200. The summed E-state index contributed by atoms with van der Waals surface area (Å²) in [6, 6.07) is 0. The van der Waals surface area contributed by atoms with E-state index in [2.05, 4.69) is 122 Å². The molecule has 0 atom stereocenters. The summed E-state index contributed by atoms with van der Waals surface area (Å²) in [7, 11) is 0. The second kappa shape index (κ2) is 20.5. The molecule has 0 aliphatic carbocycles. The van der Waals surface area contributed by atoms with Gasteiger partial charge in [-0.15, -0.1) is 47.0 Å². The van der Waals surface area contributed by atoms with Crippen molar-refractivity contribution in [2.75, 3.05) is 23.0 Å². The number of hydrogen-bond acceptors (Lipinski definition) is 16. The summed E-state index contributed by atoms with van der Waals surface area (Å²) in [5.74, 6) is 4.97. The van der Waals surface area contributed by atoms with Crippen molar-refractivity contribution >= 4 is 188 Å². The van der Waals surface area contributed by atoms with E-state index < -0.39 is 0 Å². The van der Waals surface area contributed by atoms with E-state index in [1.807, 2.05) is 94.1 Å². The zero-order valence-electron chi connectivity index (χ0n) is 26.0. The zero-order valence-corrected chi connectivity index (χ0v) is 39.1. The molecule has 0 radical (unpaired) electrons. The molecule has 0 saturated heterocycles. The summed E-state index contributed by atoms with van der Waals surface area (Å²) in [6.45, 7) is 9.19. The first-order valence-electron chi connectivity index (χ1n) is 15.4. The van der Waals surface area contributed by atoms with Crippen LogP contribution in [-0.2, 0) is 0 Å². The molecule has 0 saturated carbocycles. The van der Waals surface area contributed by atoms with Crippen LogP contribution in [0.15, 0.2) is 59.3 Å². The van der Waals surface area contributed by atoms with Crippen LogP contribution in [0, 0.1) is 0 Å². The average molecular weight is 910 g/mol. The van der Waals surface area contributed by atoms with Crippen molar-refractivity contribution in [3.05, 3.63) is 59.3 Å². The van der Waals surface area contributed by atoms with E-state index in [1.165, 1.54) is 117 Å². The van der Waals surface area contributed by atoms with Crippen LogP contribution < -0.4 is 0 Å². The van der Waals surface area contributed by atoms with Crippen LogP contribution in [0.25, 0.3) is 0 Å². The van der Waals surface area contributed by atoms with Crippen molar-refractivity contribution in [3.8, 4) is 0 Å². The van der Waals surface area contributed by atoms with E-state index in [4.69, 9.17) is 0 Å². The van der Waals surface area contributed by atoms with Gasteiger partial charge in [-0.3, -0.25) is 0 Å². The molecule has 0 fully saturated rings. The third-order valence-corrected chi connectivity index (χ3v) is 30.5. The number of unbranched alkanes of at least 4 members (excludes halogenated alkanes) is 4. The van der Waals surface area contributed by atoms with Gasteiger partial charge in [0.05, 0.1) is 59.3 Å². The number of thioether (sulfide) groups is 16. The maximum atomic E-state index is 2.30. The zero-order chi connectivity index (χ0) is 31.9. The molecule has 0 N–H and O–H groups in total. The first kappa shape index (κ1) is 39.5. The molecule has 0 bridgehead atoms. The average Bonchev–Trinajstić information content (AvgIpc) is 3.87. The summed E-state index contributed by atoms with van der Waals surface area (Å²) in [6.07, 6.45) is 10.3. The Morgan fingerprint density at radius 1 is 0.283 bits per heavy atom. The Kier molecular flexibility index (Phi) is 17.6. The summed E-state index contributed by atoms with van der Waals surface area (Å²) < 4.78 is 21.3. The van der Waals surface area contributed by atoms with Gasteiger partial charge in [0.2, 0.25) is 0 Å². The minimum Gasteiger partial charge on any atom is -0.117 e. The fourth-order valence-electron chi connectivity index (χ4n) is 3.81. The first-order valence-corrected chi connectivity index (χ1v) is 29.2. The van der Waals surface area contributed by atoms with Crippen LogP contribution in [0.1, 0.15) is 79.1 Å². The fraction of sp³-hybridized carbons (Fsp3) is 0.533. The van der Waals surface area contributed by atoms with Gasteiger partial charge in [-0.2, -0.15) is 0 Å². The molecule has 0 spiro atoms. The van der Waals surface area contributed by atoms with Crippen LogP contribution in [0.5, 0.6) is 0 Å². The minimum atomic E-state index is 1.24. The van der Waals surface area contributed by atoms with Crippen LogP contribution in [-0.4, -0.2) is 23.0 Å². The van der Waals surface area contributed by atoms with Crippen LogP contribution in [0.2, 0.25) is 0 Å². The highest BCUT2D eigenvalue weighted by atomic mass is 32.3. The van der Waals surface area contributed by atoms with Gasteiger partial charge in [-0.05, 0) is 48.7 Å². The maximum absolute atomic E-state index is 2.30.